The first-order valence-electron chi connectivity index (χ1n) is 15.4. The van der Waals surface area contributed by atoms with Gasteiger partial charge in [-0.25, -0.2) is 0 Å². The minimum Gasteiger partial charge on any atom is -0.463 e. The van der Waals surface area contributed by atoms with Crippen LogP contribution >= 0.6 is 0 Å². The predicted molar refractivity (Wildman–Crippen MR) is 150 cm³/mol. The molecule has 0 aliphatic rings. The summed E-state index contributed by atoms with van der Waals surface area (Å²) in [6.45, 7) is 6.58. The molecule has 0 aromatic heterocycles. The van der Waals surface area contributed by atoms with E-state index in [0.717, 1.165) is 38.0 Å². The summed E-state index contributed by atoms with van der Waals surface area (Å²) in [6.07, 6.45) is 24.3. The van der Waals surface area contributed by atoms with Crippen molar-refractivity contribution in [1.82, 2.24) is 0 Å². The first-order chi connectivity index (χ1) is 17.5. The standard InChI is InChI=1S/C31H60O5/c1-4-5-6-7-8-9-10-11-15-18-21-24-30(33)35-26-29(32)27-36-31(34)25-22-19-16-13-12-14-17-20-23-28(2)3/h28-29,32H,4-27H2,1-3H3/t29-/m1/s1. The maximum absolute atomic E-state index is 11.8. The Kier molecular flexibility index (Phi) is 26.1. The molecule has 1 N–H and O–H groups in total. The van der Waals surface area contributed by atoms with Gasteiger partial charge in [-0.15, -0.1) is 0 Å². The van der Waals surface area contributed by atoms with E-state index in [9.17, 15) is 14.7 Å². The number of ether oxygens (including phenoxy) is 2. The zero-order valence-corrected chi connectivity index (χ0v) is 24.2. The fraction of sp³-hybridized carbons (Fsp3) is 0.935. The number of esters is 2. The Hall–Kier alpha value is -1.10. The zero-order valence-electron chi connectivity index (χ0n) is 24.2. The molecular weight excluding hydrogens is 452 g/mol. The highest BCUT2D eigenvalue weighted by atomic mass is 16.6. The molecule has 5 nitrogen and oxygen atoms in total. The highest BCUT2D eigenvalue weighted by Crippen LogP contribution is 2.14. The molecule has 0 aromatic rings. The molecule has 0 aromatic carbocycles. The van der Waals surface area contributed by atoms with Gasteiger partial charge in [0, 0.05) is 12.8 Å². The number of carbonyl (C=O) groups is 2. The van der Waals surface area contributed by atoms with Gasteiger partial charge in [0.1, 0.15) is 19.3 Å². The van der Waals surface area contributed by atoms with E-state index in [0.29, 0.717) is 12.8 Å². The zero-order chi connectivity index (χ0) is 26.7. The summed E-state index contributed by atoms with van der Waals surface area (Å²) in [7, 11) is 0. The molecule has 0 unspecified atom stereocenters. The highest BCUT2D eigenvalue weighted by molar-refractivity contribution is 5.69. The molecule has 1 atom stereocenters. The molecule has 0 rings (SSSR count). The van der Waals surface area contributed by atoms with Crippen LogP contribution in [-0.4, -0.2) is 36.4 Å². The van der Waals surface area contributed by atoms with Crippen molar-refractivity contribution in [3.8, 4) is 0 Å². The Bertz CT molecular complexity index is 491. The largest absolute Gasteiger partial charge is 0.463 e. The lowest BCUT2D eigenvalue weighted by Crippen LogP contribution is -2.25. The van der Waals surface area contributed by atoms with Crippen LogP contribution < -0.4 is 0 Å². The fourth-order valence-electron chi connectivity index (χ4n) is 4.39. The summed E-state index contributed by atoms with van der Waals surface area (Å²) in [5.41, 5.74) is 0. The molecule has 214 valence electrons. The quantitative estimate of drug-likeness (QED) is 0.0880. The first kappa shape index (κ1) is 34.9. The molecule has 0 amide bonds. The smallest absolute Gasteiger partial charge is 0.305 e. The molecule has 0 aliphatic carbocycles. The van der Waals surface area contributed by atoms with Crippen molar-refractivity contribution in [2.45, 2.75) is 168 Å². The summed E-state index contributed by atoms with van der Waals surface area (Å²) in [5.74, 6) is 0.246. The molecule has 36 heavy (non-hydrogen) atoms. The molecule has 0 saturated heterocycles. The maximum atomic E-state index is 11.8. The van der Waals surface area contributed by atoms with Crippen molar-refractivity contribution in [3.05, 3.63) is 0 Å². The summed E-state index contributed by atoms with van der Waals surface area (Å²) in [6, 6.07) is 0. The van der Waals surface area contributed by atoms with E-state index in [-0.39, 0.29) is 25.2 Å². The van der Waals surface area contributed by atoms with Crippen molar-refractivity contribution in [2.75, 3.05) is 13.2 Å². The number of hydrogen-bond acceptors (Lipinski definition) is 5. The molecule has 0 spiro atoms. The van der Waals surface area contributed by atoms with Gasteiger partial charge < -0.3 is 14.6 Å². The summed E-state index contributed by atoms with van der Waals surface area (Å²) in [4.78, 5) is 23.7. The van der Waals surface area contributed by atoms with Crippen molar-refractivity contribution in [3.63, 3.8) is 0 Å². The summed E-state index contributed by atoms with van der Waals surface area (Å²) < 4.78 is 10.2. The Morgan fingerprint density at radius 3 is 1.25 bits per heavy atom. The SMILES string of the molecule is CCCCCCCCCCCCCC(=O)OC[C@@H](O)COC(=O)CCCCCCCCCCC(C)C. The van der Waals surface area contributed by atoms with Gasteiger partial charge in [0.15, 0.2) is 0 Å². The second-order valence-electron chi connectivity index (χ2n) is 11.1. The van der Waals surface area contributed by atoms with Crippen LogP contribution in [-0.2, 0) is 19.1 Å². The molecule has 0 saturated carbocycles. The first-order valence-corrected chi connectivity index (χ1v) is 15.4. The normalized spacial score (nSPS) is 12.1. The monoisotopic (exact) mass is 512 g/mol. The molecule has 0 fully saturated rings. The van der Waals surface area contributed by atoms with Gasteiger partial charge in [-0.05, 0) is 18.8 Å². The maximum Gasteiger partial charge on any atom is 0.305 e. The lowest BCUT2D eigenvalue weighted by atomic mass is 10.0. The van der Waals surface area contributed by atoms with Crippen molar-refractivity contribution >= 4 is 11.9 Å². The van der Waals surface area contributed by atoms with Crippen LogP contribution in [0, 0.1) is 5.92 Å². The Labute approximate surface area is 223 Å². The van der Waals surface area contributed by atoms with Crippen molar-refractivity contribution in [2.24, 2.45) is 5.92 Å². The molecule has 0 heterocycles. The van der Waals surface area contributed by atoms with Crippen LogP contribution in [0.4, 0.5) is 0 Å². The van der Waals surface area contributed by atoms with Crippen molar-refractivity contribution in [1.29, 1.82) is 0 Å². The van der Waals surface area contributed by atoms with E-state index in [1.54, 1.807) is 0 Å². The number of hydrogen-bond donors (Lipinski definition) is 1. The van der Waals surface area contributed by atoms with Gasteiger partial charge in [0.25, 0.3) is 0 Å². The minimum atomic E-state index is -0.953. The number of unbranched alkanes of at least 4 members (excludes halogenated alkanes) is 17. The van der Waals surface area contributed by atoms with Gasteiger partial charge in [-0.1, -0.05) is 136 Å². The van der Waals surface area contributed by atoms with Crippen molar-refractivity contribution < 1.29 is 24.2 Å². The Balaban J connectivity index is 3.43. The van der Waals surface area contributed by atoms with Gasteiger partial charge in [0.2, 0.25) is 0 Å². The van der Waals surface area contributed by atoms with Gasteiger partial charge >= 0.3 is 11.9 Å². The number of rotatable bonds is 27. The van der Waals surface area contributed by atoms with Crippen LogP contribution in [0.25, 0.3) is 0 Å². The van der Waals surface area contributed by atoms with Crippen LogP contribution in [0.15, 0.2) is 0 Å². The van der Waals surface area contributed by atoms with Crippen LogP contribution in [0.1, 0.15) is 162 Å². The number of aliphatic hydroxyl groups excluding tert-OH is 1. The van der Waals surface area contributed by atoms with E-state index in [2.05, 4.69) is 20.8 Å². The molecule has 0 bridgehead atoms. The molecule has 0 aliphatic heterocycles. The topological polar surface area (TPSA) is 72.8 Å². The lowest BCUT2D eigenvalue weighted by molar-refractivity contribution is -0.152. The van der Waals surface area contributed by atoms with E-state index in [4.69, 9.17) is 9.47 Å². The fourth-order valence-corrected chi connectivity index (χ4v) is 4.39. The molecule has 0 radical (unpaired) electrons. The minimum absolute atomic E-state index is 0.110. The third-order valence-corrected chi connectivity index (χ3v) is 6.77. The summed E-state index contributed by atoms with van der Waals surface area (Å²) >= 11 is 0. The van der Waals surface area contributed by atoms with Gasteiger partial charge in [-0.3, -0.25) is 9.59 Å². The molecule has 5 heteroatoms. The second-order valence-corrected chi connectivity index (χ2v) is 11.1. The van der Waals surface area contributed by atoms with Crippen LogP contribution in [0.2, 0.25) is 0 Å². The third kappa shape index (κ3) is 27.5. The summed E-state index contributed by atoms with van der Waals surface area (Å²) in [5, 5.41) is 9.91. The van der Waals surface area contributed by atoms with Crippen LogP contribution in [0.3, 0.4) is 0 Å². The lowest BCUT2D eigenvalue weighted by Gasteiger charge is -2.12. The van der Waals surface area contributed by atoms with E-state index < -0.39 is 6.10 Å². The number of carbonyl (C=O) groups excluding carboxylic acids is 2. The average molecular weight is 513 g/mol. The Morgan fingerprint density at radius 2 is 0.889 bits per heavy atom. The van der Waals surface area contributed by atoms with Gasteiger partial charge in [0.05, 0.1) is 0 Å². The second kappa shape index (κ2) is 26.9. The van der Waals surface area contributed by atoms with Crippen LogP contribution in [0.5, 0.6) is 0 Å². The number of aliphatic hydroxyl groups is 1. The third-order valence-electron chi connectivity index (χ3n) is 6.77. The Morgan fingerprint density at radius 1 is 0.556 bits per heavy atom. The predicted octanol–water partition coefficient (Wildman–Crippen LogP) is 8.69. The van der Waals surface area contributed by atoms with E-state index in [1.807, 2.05) is 0 Å². The molecular formula is C31H60O5. The highest BCUT2D eigenvalue weighted by Gasteiger charge is 2.12. The van der Waals surface area contributed by atoms with E-state index >= 15 is 0 Å². The van der Waals surface area contributed by atoms with Gasteiger partial charge in [-0.2, -0.15) is 0 Å². The average Bonchev–Trinajstić information content (AvgIpc) is 2.85. The van der Waals surface area contributed by atoms with E-state index in [1.165, 1.54) is 96.3 Å².